The van der Waals surface area contributed by atoms with E-state index in [2.05, 4.69) is 34.6 Å². The number of aryl methyl sites for hydroxylation is 1. The van der Waals surface area contributed by atoms with Crippen LogP contribution in [0.15, 0.2) is 29.2 Å². The summed E-state index contributed by atoms with van der Waals surface area (Å²) in [5.74, 6) is 0.943. The molecule has 1 aromatic carbocycles. The van der Waals surface area contributed by atoms with E-state index < -0.39 is 16.1 Å². The van der Waals surface area contributed by atoms with E-state index in [1.54, 1.807) is 24.3 Å². The molecule has 0 unspecified atom stereocenters. The fourth-order valence-electron chi connectivity index (χ4n) is 4.68. The van der Waals surface area contributed by atoms with Crippen molar-refractivity contribution in [2.45, 2.75) is 123 Å². The molecule has 6 nitrogen and oxygen atoms in total. The molecule has 0 saturated heterocycles. The van der Waals surface area contributed by atoms with E-state index in [-0.39, 0.29) is 23.8 Å². The van der Waals surface area contributed by atoms with Crippen LogP contribution in [0.4, 0.5) is 0 Å². The Bertz CT molecular complexity index is 825. The number of unbranched alkanes of at least 4 members (excludes halogenated alkanes) is 4. The van der Waals surface area contributed by atoms with Gasteiger partial charge in [-0.15, -0.1) is 0 Å². The lowest BCUT2D eigenvalue weighted by Crippen LogP contribution is -2.20. The van der Waals surface area contributed by atoms with Crippen LogP contribution in [0.1, 0.15) is 117 Å². The fourth-order valence-corrected chi connectivity index (χ4v) is 5.66. The molecule has 38 heavy (non-hydrogen) atoms. The summed E-state index contributed by atoms with van der Waals surface area (Å²) in [5.41, 5.74) is 6.60. The molecule has 0 aliphatic carbocycles. The summed E-state index contributed by atoms with van der Waals surface area (Å²) < 4.78 is 29.8. The van der Waals surface area contributed by atoms with E-state index in [0.717, 1.165) is 24.8 Å². The zero-order valence-corrected chi connectivity index (χ0v) is 25.9. The van der Waals surface area contributed by atoms with E-state index in [1.807, 2.05) is 6.92 Å². The van der Waals surface area contributed by atoms with E-state index in [0.29, 0.717) is 24.3 Å². The summed E-state index contributed by atoms with van der Waals surface area (Å²) in [5, 5.41) is 8.69. The Hall–Kier alpha value is -1.44. The Morgan fingerprint density at radius 1 is 0.895 bits per heavy atom. The minimum Gasteiger partial charge on any atom is -0.481 e. The first kappa shape index (κ1) is 36.6. The molecule has 0 saturated carbocycles. The van der Waals surface area contributed by atoms with Crippen LogP contribution in [-0.2, 0) is 19.1 Å². The number of carboxylic acids is 1. The maximum Gasteiger partial charge on any atom is 0.303 e. The summed E-state index contributed by atoms with van der Waals surface area (Å²) in [6.45, 7) is 13.7. The van der Waals surface area contributed by atoms with Gasteiger partial charge >= 0.3 is 5.97 Å². The lowest BCUT2D eigenvalue weighted by Gasteiger charge is -2.19. The molecule has 1 rings (SSSR count). The first-order valence-electron chi connectivity index (χ1n) is 14.9. The fraction of sp³-hybridized carbons (Fsp3) is 0.774. The first-order valence-corrected chi connectivity index (χ1v) is 16.3. The molecular weight excluding hydrogens is 498 g/mol. The number of hydrogen-bond acceptors (Lipinski definition) is 5. The summed E-state index contributed by atoms with van der Waals surface area (Å²) in [4.78, 5) is 10.8. The third kappa shape index (κ3) is 18.0. The molecule has 0 radical (unpaired) electrons. The van der Waals surface area contributed by atoms with Gasteiger partial charge in [-0.25, -0.2) is 0 Å². The number of rotatable bonds is 20. The van der Waals surface area contributed by atoms with Crippen LogP contribution < -0.4 is 5.73 Å². The molecule has 3 N–H and O–H groups in total. The van der Waals surface area contributed by atoms with Crippen molar-refractivity contribution in [1.82, 2.24) is 0 Å². The van der Waals surface area contributed by atoms with Crippen molar-refractivity contribution in [3.63, 3.8) is 0 Å². The minimum absolute atomic E-state index is 0.152. The molecular formula is C31H57NO5S. The van der Waals surface area contributed by atoms with Gasteiger partial charge in [0.1, 0.15) is 0 Å². The molecule has 1 aromatic rings. The highest BCUT2D eigenvalue weighted by Crippen LogP contribution is 2.23. The van der Waals surface area contributed by atoms with Gasteiger partial charge in [0.05, 0.1) is 11.5 Å². The van der Waals surface area contributed by atoms with Gasteiger partial charge in [-0.1, -0.05) is 110 Å². The van der Waals surface area contributed by atoms with Crippen molar-refractivity contribution in [2.75, 3.05) is 13.2 Å². The van der Waals surface area contributed by atoms with Crippen LogP contribution in [0.3, 0.4) is 0 Å². The first-order chi connectivity index (χ1) is 18.0. The van der Waals surface area contributed by atoms with Gasteiger partial charge in [-0.3, -0.25) is 8.98 Å². The van der Waals surface area contributed by atoms with Gasteiger partial charge < -0.3 is 10.8 Å². The molecule has 0 spiro atoms. The van der Waals surface area contributed by atoms with E-state index in [1.165, 1.54) is 51.4 Å². The summed E-state index contributed by atoms with van der Waals surface area (Å²) >= 11 is 0. The van der Waals surface area contributed by atoms with Gasteiger partial charge in [0.2, 0.25) is 0 Å². The van der Waals surface area contributed by atoms with Gasteiger partial charge in [0.15, 0.2) is 0 Å². The Labute approximate surface area is 234 Å². The maximum absolute atomic E-state index is 12.2. The Morgan fingerprint density at radius 2 is 1.39 bits per heavy atom. The number of nitrogens with two attached hydrogens (primary N) is 1. The Kier molecular flexibility index (Phi) is 20.6. The highest BCUT2D eigenvalue weighted by Gasteiger charge is 2.19. The van der Waals surface area contributed by atoms with Crippen LogP contribution in [0.5, 0.6) is 0 Å². The SMILES string of the molecule is CCCCC[C@H](C)C[C@@H](CC)COS(=O)(=O)c1ccc(C)cc1.CCCCC[C@H](C)C[C@H](CN)CC(=O)O. The molecule has 0 amide bonds. The number of benzene rings is 1. The third-order valence-electron chi connectivity index (χ3n) is 7.21. The number of carbonyl (C=O) groups is 1. The Balaban J connectivity index is 0.000000793. The molecule has 0 aliphatic rings. The zero-order chi connectivity index (χ0) is 29.0. The van der Waals surface area contributed by atoms with Crippen molar-refractivity contribution >= 4 is 16.1 Å². The van der Waals surface area contributed by atoms with Crippen LogP contribution in [0.2, 0.25) is 0 Å². The van der Waals surface area contributed by atoms with Crippen molar-refractivity contribution in [1.29, 1.82) is 0 Å². The zero-order valence-electron chi connectivity index (χ0n) is 25.1. The highest BCUT2D eigenvalue weighted by atomic mass is 32.2. The van der Waals surface area contributed by atoms with Crippen LogP contribution in [0.25, 0.3) is 0 Å². The Morgan fingerprint density at radius 3 is 1.82 bits per heavy atom. The molecule has 222 valence electrons. The average Bonchev–Trinajstić information content (AvgIpc) is 2.86. The monoisotopic (exact) mass is 555 g/mol. The van der Waals surface area contributed by atoms with Crippen LogP contribution >= 0.6 is 0 Å². The topological polar surface area (TPSA) is 107 Å². The summed E-state index contributed by atoms with van der Waals surface area (Å²) in [6, 6.07) is 6.81. The average molecular weight is 556 g/mol. The molecule has 0 bridgehead atoms. The highest BCUT2D eigenvalue weighted by molar-refractivity contribution is 7.86. The normalized spacial score (nSPS) is 14.7. The smallest absolute Gasteiger partial charge is 0.303 e. The summed E-state index contributed by atoms with van der Waals surface area (Å²) in [7, 11) is -3.64. The van der Waals surface area contributed by atoms with E-state index in [4.69, 9.17) is 15.0 Å². The number of aliphatic carboxylic acids is 1. The van der Waals surface area contributed by atoms with Crippen molar-refractivity contribution in [3.8, 4) is 0 Å². The van der Waals surface area contributed by atoms with Gasteiger partial charge in [-0.05, 0) is 62.1 Å². The van der Waals surface area contributed by atoms with E-state index in [9.17, 15) is 13.2 Å². The van der Waals surface area contributed by atoms with E-state index >= 15 is 0 Å². The second kappa shape index (κ2) is 21.4. The molecule has 0 fully saturated rings. The van der Waals surface area contributed by atoms with Crippen LogP contribution in [-0.4, -0.2) is 32.6 Å². The quantitative estimate of drug-likeness (QED) is 0.125. The lowest BCUT2D eigenvalue weighted by atomic mass is 9.90. The van der Waals surface area contributed by atoms with Crippen molar-refractivity contribution in [3.05, 3.63) is 29.8 Å². The molecule has 0 heterocycles. The van der Waals surface area contributed by atoms with Gasteiger partial charge in [0.25, 0.3) is 10.1 Å². The number of hydrogen-bond donors (Lipinski definition) is 2. The van der Waals surface area contributed by atoms with Crippen LogP contribution in [0, 0.1) is 30.6 Å². The standard InChI is InChI=1S/C19H32O3S.C12H25NO2/c1-5-7-8-9-17(4)14-18(6-2)15-22-23(20,21)19-12-10-16(3)11-13-19;1-3-4-5-6-10(2)7-11(9-13)8-12(14)15/h10-13,17-18H,5-9,14-15H2,1-4H3;10-11H,3-9,13H2,1-2H3,(H,14,15)/t17-,18+;10-,11-/m00/s1. The largest absolute Gasteiger partial charge is 0.481 e. The predicted molar refractivity (Wildman–Crippen MR) is 159 cm³/mol. The van der Waals surface area contributed by atoms with Crippen molar-refractivity contribution in [2.24, 2.45) is 29.4 Å². The summed E-state index contributed by atoms with van der Waals surface area (Å²) in [6.07, 6.45) is 13.1. The predicted octanol–water partition coefficient (Wildman–Crippen LogP) is 7.98. The number of carboxylic acid groups (broad SMARTS) is 1. The second-order valence-corrected chi connectivity index (χ2v) is 12.8. The molecule has 4 atom stereocenters. The second-order valence-electron chi connectivity index (χ2n) is 11.2. The third-order valence-corrected chi connectivity index (χ3v) is 8.51. The molecule has 0 aromatic heterocycles. The molecule has 0 aliphatic heterocycles. The maximum atomic E-state index is 12.2. The van der Waals surface area contributed by atoms with Gasteiger partial charge in [-0.2, -0.15) is 8.42 Å². The molecule has 7 heteroatoms. The lowest BCUT2D eigenvalue weighted by molar-refractivity contribution is -0.138. The van der Waals surface area contributed by atoms with Gasteiger partial charge in [0, 0.05) is 6.42 Å². The van der Waals surface area contributed by atoms with Crippen molar-refractivity contribution < 1.29 is 22.5 Å². The minimum atomic E-state index is -3.64.